The maximum Gasteiger partial charge on any atom is 0.340 e. The third kappa shape index (κ3) is 2.90. The molecule has 110 valence electrons. The van der Waals surface area contributed by atoms with E-state index < -0.39 is 5.97 Å². The fraction of sp³-hybridized carbons (Fsp3) is 0.462. The minimum absolute atomic E-state index is 0.187. The Hall–Kier alpha value is -1.96. The van der Waals surface area contributed by atoms with E-state index in [1.807, 2.05) is 7.05 Å². The van der Waals surface area contributed by atoms with Crippen LogP contribution < -0.4 is 0 Å². The van der Waals surface area contributed by atoms with Crippen LogP contribution in [0, 0.1) is 6.92 Å². The van der Waals surface area contributed by atoms with Gasteiger partial charge in [0.15, 0.2) is 0 Å². The van der Waals surface area contributed by atoms with Gasteiger partial charge in [0.25, 0.3) is 0 Å². The maximum absolute atomic E-state index is 11.4. The highest BCUT2D eigenvalue weighted by Crippen LogP contribution is 2.39. The Balaban J connectivity index is 1.91. The van der Waals surface area contributed by atoms with Gasteiger partial charge in [0, 0.05) is 13.0 Å². The molecule has 0 bridgehead atoms. The second-order valence-corrected chi connectivity index (χ2v) is 5.98. The molecule has 8 heteroatoms. The first kappa shape index (κ1) is 14.0. The predicted octanol–water partition coefficient (Wildman–Crippen LogP) is 1.78. The third-order valence-corrected chi connectivity index (χ3v) is 4.34. The molecule has 0 spiro atoms. The number of nitrogens with zero attached hydrogens (tertiary/aromatic N) is 5. The molecule has 0 saturated heterocycles. The van der Waals surface area contributed by atoms with Crippen LogP contribution in [0.25, 0.3) is 0 Å². The number of hydrogen-bond acceptors (Lipinski definition) is 6. The minimum Gasteiger partial charge on any atom is -0.478 e. The summed E-state index contributed by atoms with van der Waals surface area (Å²) < 4.78 is 1.67. The zero-order valence-corrected chi connectivity index (χ0v) is 12.6. The van der Waals surface area contributed by atoms with Crippen molar-refractivity contribution in [3.8, 4) is 0 Å². The smallest absolute Gasteiger partial charge is 0.340 e. The molecule has 21 heavy (non-hydrogen) atoms. The molecule has 2 aromatic heterocycles. The summed E-state index contributed by atoms with van der Waals surface area (Å²) in [6.45, 7) is 1.73. The zero-order valence-electron chi connectivity index (χ0n) is 11.8. The van der Waals surface area contributed by atoms with E-state index in [1.54, 1.807) is 11.6 Å². The molecule has 1 N–H and O–H groups in total. The Kier molecular flexibility index (Phi) is 3.62. The minimum atomic E-state index is -0.990. The summed E-state index contributed by atoms with van der Waals surface area (Å²) in [5.41, 5.74) is 0.714. The molecule has 7 nitrogen and oxygen atoms in total. The lowest BCUT2D eigenvalue weighted by Crippen LogP contribution is -2.09. The second kappa shape index (κ2) is 5.44. The van der Waals surface area contributed by atoms with Gasteiger partial charge in [0.1, 0.15) is 28.6 Å². The summed E-state index contributed by atoms with van der Waals surface area (Å²) >= 11 is 1.37. The monoisotopic (exact) mass is 305 g/mol. The van der Waals surface area contributed by atoms with Crippen LogP contribution in [0.2, 0.25) is 0 Å². The van der Waals surface area contributed by atoms with Crippen molar-refractivity contribution in [1.82, 2.24) is 24.7 Å². The van der Waals surface area contributed by atoms with Crippen LogP contribution in [0.5, 0.6) is 0 Å². The lowest BCUT2D eigenvalue weighted by atomic mass is 10.2. The van der Waals surface area contributed by atoms with Gasteiger partial charge in [-0.25, -0.2) is 19.7 Å². The molecule has 1 saturated carbocycles. The third-order valence-electron chi connectivity index (χ3n) is 3.37. The standard InChI is InChI=1S/C13H15N5O2S/c1-7-10(13(19)20)12(17-11(16-7)8-3-4-8)21-5-9-14-6-15-18(9)2/h6,8H,3-5H2,1-2H3,(H,19,20). The van der Waals surface area contributed by atoms with Gasteiger partial charge in [-0.05, 0) is 19.8 Å². The molecule has 3 rings (SSSR count). The highest BCUT2D eigenvalue weighted by atomic mass is 32.2. The van der Waals surface area contributed by atoms with Gasteiger partial charge in [0.05, 0.1) is 11.4 Å². The molecule has 0 atom stereocenters. The van der Waals surface area contributed by atoms with E-state index in [-0.39, 0.29) is 5.56 Å². The lowest BCUT2D eigenvalue weighted by Gasteiger charge is -2.09. The molecule has 0 aromatic carbocycles. The molecule has 0 amide bonds. The number of thioether (sulfide) groups is 1. The van der Waals surface area contributed by atoms with Crippen LogP contribution in [0.3, 0.4) is 0 Å². The van der Waals surface area contributed by atoms with Crippen molar-refractivity contribution in [2.45, 2.75) is 36.5 Å². The van der Waals surface area contributed by atoms with Crippen LogP contribution in [-0.4, -0.2) is 35.8 Å². The van der Waals surface area contributed by atoms with Gasteiger partial charge in [-0.2, -0.15) is 5.10 Å². The van der Waals surface area contributed by atoms with Crippen molar-refractivity contribution < 1.29 is 9.90 Å². The Labute approximate surface area is 125 Å². The van der Waals surface area contributed by atoms with E-state index >= 15 is 0 Å². The molecular formula is C13H15N5O2S. The van der Waals surface area contributed by atoms with Crippen molar-refractivity contribution in [2.75, 3.05) is 0 Å². The van der Waals surface area contributed by atoms with Crippen LogP contribution in [0.15, 0.2) is 11.4 Å². The van der Waals surface area contributed by atoms with Gasteiger partial charge in [-0.3, -0.25) is 4.68 Å². The van der Waals surface area contributed by atoms with E-state index in [0.29, 0.717) is 22.4 Å². The van der Waals surface area contributed by atoms with E-state index in [4.69, 9.17) is 0 Å². The Bertz CT molecular complexity index is 696. The summed E-state index contributed by atoms with van der Waals surface area (Å²) in [6.07, 6.45) is 3.65. The quantitative estimate of drug-likeness (QED) is 0.664. The van der Waals surface area contributed by atoms with Crippen molar-refractivity contribution in [3.05, 3.63) is 29.2 Å². The normalized spacial score (nSPS) is 14.4. The number of rotatable bonds is 5. The lowest BCUT2D eigenvalue weighted by molar-refractivity contribution is 0.0690. The number of carboxylic acid groups (broad SMARTS) is 1. The Morgan fingerprint density at radius 1 is 1.48 bits per heavy atom. The highest BCUT2D eigenvalue weighted by molar-refractivity contribution is 7.98. The average molecular weight is 305 g/mol. The SMILES string of the molecule is Cc1nc(C2CC2)nc(SCc2ncnn2C)c1C(=O)O. The first-order valence-corrected chi connectivity index (χ1v) is 7.62. The topological polar surface area (TPSA) is 93.8 Å². The van der Waals surface area contributed by atoms with Crippen molar-refractivity contribution in [3.63, 3.8) is 0 Å². The molecule has 1 fully saturated rings. The number of aromatic carboxylic acids is 1. The summed E-state index contributed by atoms with van der Waals surface area (Å²) in [7, 11) is 1.81. The fourth-order valence-corrected chi connectivity index (χ4v) is 3.09. The van der Waals surface area contributed by atoms with Crippen LogP contribution >= 0.6 is 11.8 Å². The Morgan fingerprint density at radius 2 is 2.24 bits per heavy atom. The largest absolute Gasteiger partial charge is 0.478 e. The molecule has 1 aliphatic rings. The van der Waals surface area contributed by atoms with E-state index in [0.717, 1.165) is 24.5 Å². The van der Waals surface area contributed by atoms with Crippen LogP contribution in [-0.2, 0) is 12.8 Å². The first-order chi connectivity index (χ1) is 10.1. The van der Waals surface area contributed by atoms with Crippen LogP contribution in [0.1, 0.15) is 46.5 Å². The Morgan fingerprint density at radius 3 is 2.81 bits per heavy atom. The molecule has 2 aromatic rings. The number of aryl methyl sites for hydroxylation is 2. The first-order valence-electron chi connectivity index (χ1n) is 6.63. The fourth-order valence-electron chi connectivity index (χ4n) is 2.03. The van der Waals surface area contributed by atoms with Crippen molar-refractivity contribution in [2.24, 2.45) is 7.05 Å². The number of aromatic nitrogens is 5. The van der Waals surface area contributed by atoms with E-state index in [2.05, 4.69) is 20.1 Å². The summed E-state index contributed by atoms with van der Waals surface area (Å²) in [4.78, 5) is 24.4. The van der Waals surface area contributed by atoms with E-state index in [9.17, 15) is 9.90 Å². The zero-order chi connectivity index (χ0) is 15.0. The van der Waals surface area contributed by atoms with Crippen molar-refractivity contribution >= 4 is 17.7 Å². The van der Waals surface area contributed by atoms with Gasteiger partial charge in [-0.15, -0.1) is 0 Å². The van der Waals surface area contributed by atoms with Gasteiger partial charge in [-0.1, -0.05) is 11.8 Å². The van der Waals surface area contributed by atoms with Crippen LogP contribution in [0.4, 0.5) is 0 Å². The molecule has 0 radical (unpaired) electrons. The predicted molar refractivity (Wildman–Crippen MR) is 76.3 cm³/mol. The summed E-state index contributed by atoms with van der Waals surface area (Å²) in [6, 6.07) is 0. The van der Waals surface area contributed by atoms with Gasteiger partial charge in [0.2, 0.25) is 0 Å². The number of carbonyl (C=O) groups is 1. The molecule has 2 heterocycles. The van der Waals surface area contributed by atoms with Gasteiger partial charge < -0.3 is 5.11 Å². The maximum atomic E-state index is 11.4. The van der Waals surface area contributed by atoms with Crippen molar-refractivity contribution in [1.29, 1.82) is 0 Å². The molecule has 0 unspecified atom stereocenters. The average Bonchev–Trinajstić information content (AvgIpc) is 3.19. The summed E-state index contributed by atoms with van der Waals surface area (Å²) in [5.74, 6) is 1.46. The summed E-state index contributed by atoms with van der Waals surface area (Å²) in [5, 5.41) is 13.9. The highest BCUT2D eigenvalue weighted by Gasteiger charge is 2.29. The number of carboxylic acids is 1. The number of hydrogen-bond donors (Lipinski definition) is 1. The van der Waals surface area contributed by atoms with Gasteiger partial charge >= 0.3 is 5.97 Å². The second-order valence-electron chi connectivity index (χ2n) is 5.02. The van der Waals surface area contributed by atoms with E-state index in [1.165, 1.54) is 18.1 Å². The molecular weight excluding hydrogens is 290 g/mol. The molecule has 1 aliphatic carbocycles. The molecule has 0 aliphatic heterocycles.